The minimum Gasteiger partial charge on any atom is -0.399 e. The summed E-state index contributed by atoms with van der Waals surface area (Å²) in [6, 6.07) is 7.88. The number of rotatable bonds is 3. The number of amides is 1. The SMILES string of the molecule is Nc1ccc(CC(=O)NC2CN3CCC2CC3)cc1. The monoisotopic (exact) mass is 259 g/mol. The van der Waals surface area contributed by atoms with E-state index in [0.717, 1.165) is 17.8 Å². The largest absolute Gasteiger partial charge is 0.399 e. The molecule has 0 aromatic heterocycles. The quantitative estimate of drug-likeness (QED) is 0.797. The van der Waals surface area contributed by atoms with Crippen LogP contribution in [0.4, 0.5) is 5.69 Å². The van der Waals surface area contributed by atoms with Crippen molar-refractivity contribution >= 4 is 11.6 Å². The van der Waals surface area contributed by atoms with Crippen molar-refractivity contribution < 1.29 is 4.79 Å². The topological polar surface area (TPSA) is 58.4 Å². The molecule has 0 spiro atoms. The summed E-state index contributed by atoms with van der Waals surface area (Å²) in [6.45, 7) is 3.43. The summed E-state index contributed by atoms with van der Waals surface area (Å²) in [4.78, 5) is 14.5. The molecule has 19 heavy (non-hydrogen) atoms. The fourth-order valence-electron chi connectivity index (χ4n) is 3.21. The molecule has 3 aliphatic rings. The first kappa shape index (κ1) is 12.5. The summed E-state index contributed by atoms with van der Waals surface area (Å²) in [6.07, 6.45) is 2.91. The molecule has 0 saturated carbocycles. The highest BCUT2D eigenvalue weighted by atomic mass is 16.1. The number of benzene rings is 1. The molecule has 1 amide bonds. The van der Waals surface area contributed by atoms with Crippen molar-refractivity contribution in [2.24, 2.45) is 5.92 Å². The third kappa shape index (κ3) is 2.89. The Labute approximate surface area is 114 Å². The Morgan fingerprint density at radius 3 is 2.53 bits per heavy atom. The van der Waals surface area contributed by atoms with Crippen LogP contribution in [0.15, 0.2) is 24.3 Å². The van der Waals surface area contributed by atoms with Gasteiger partial charge in [0, 0.05) is 18.3 Å². The first-order valence-electron chi connectivity index (χ1n) is 7.07. The van der Waals surface area contributed by atoms with Crippen LogP contribution in [0.3, 0.4) is 0 Å². The number of piperidine rings is 3. The summed E-state index contributed by atoms with van der Waals surface area (Å²) < 4.78 is 0. The van der Waals surface area contributed by atoms with Crippen LogP contribution in [0.5, 0.6) is 0 Å². The molecule has 3 fully saturated rings. The normalized spacial score (nSPS) is 29.2. The van der Waals surface area contributed by atoms with Crippen LogP contribution in [0, 0.1) is 5.92 Å². The van der Waals surface area contributed by atoms with Crippen molar-refractivity contribution in [2.75, 3.05) is 25.4 Å². The van der Waals surface area contributed by atoms with E-state index in [-0.39, 0.29) is 5.91 Å². The van der Waals surface area contributed by atoms with E-state index in [1.165, 1.54) is 25.9 Å². The maximum atomic E-state index is 12.1. The number of hydrogen-bond donors (Lipinski definition) is 2. The smallest absolute Gasteiger partial charge is 0.224 e. The van der Waals surface area contributed by atoms with Crippen molar-refractivity contribution in [3.8, 4) is 0 Å². The minimum absolute atomic E-state index is 0.128. The Bertz CT molecular complexity index is 449. The highest BCUT2D eigenvalue weighted by Crippen LogP contribution is 2.27. The van der Waals surface area contributed by atoms with E-state index < -0.39 is 0 Å². The van der Waals surface area contributed by atoms with E-state index in [1.807, 2.05) is 24.3 Å². The molecule has 3 heterocycles. The molecule has 4 heteroatoms. The van der Waals surface area contributed by atoms with Gasteiger partial charge in [0.25, 0.3) is 0 Å². The molecule has 1 aromatic rings. The average molecular weight is 259 g/mol. The molecule has 1 unspecified atom stereocenters. The number of nitrogens with one attached hydrogen (secondary N) is 1. The van der Waals surface area contributed by atoms with Gasteiger partial charge in [0.15, 0.2) is 0 Å². The van der Waals surface area contributed by atoms with Crippen molar-refractivity contribution in [1.29, 1.82) is 0 Å². The van der Waals surface area contributed by atoms with Gasteiger partial charge in [0.2, 0.25) is 5.91 Å². The number of carbonyl (C=O) groups is 1. The molecule has 1 aromatic carbocycles. The molecule has 3 N–H and O–H groups in total. The molecule has 4 nitrogen and oxygen atoms in total. The predicted molar refractivity (Wildman–Crippen MR) is 75.7 cm³/mol. The van der Waals surface area contributed by atoms with E-state index in [2.05, 4.69) is 10.2 Å². The van der Waals surface area contributed by atoms with Crippen LogP contribution in [-0.2, 0) is 11.2 Å². The van der Waals surface area contributed by atoms with Gasteiger partial charge in [-0.05, 0) is 49.5 Å². The molecule has 1 atom stereocenters. The van der Waals surface area contributed by atoms with Gasteiger partial charge in [0.1, 0.15) is 0 Å². The van der Waals surface area contributed by atoms with Gasteiger partial charge in [-0.3, -0.25) is 4.79 Å². The molecule has 0 radical (unpaired) electrons. The second-order valence-electron chi connectivity index (χ2n) is 5.73. The summed E-state index contributed by atoms with van der Waals surface area (Å²) >= 11 is 0. The van der Waals surface area contributed by atoms with Gasteiger partial charge in [-0.25, -0.2) is 0 Å². The Morgan fingerprint density at radius 2 is 1.95 bits per heavy atom. The summed E-state index contributed by atoms with van der Waals surface area (Å²) in [5.74, 6) is 0.809. The molecule has 3 saturated heterocycles. The Balaban J connectivity index is 1.55. The first-order chi connectivity index (χ1) is 9.20. The Kier molecular flexibility index (Phi) is 3.42. The van der Waals surface area contributed by atoms with Gasteiger partial charge in [-0.1, -0.05) is 12.1 Å². The van der Waals surface area contributed by atoms with Crippen LogP contribution < -0.4 is 11.1 Å². The van der Waals surface area contributed by atoms with Crippen LogP contribution in [0.25, 0.3) is 0 Å². The molecular weight excluding hydrogens is 238 g/mol. The number of nitrogens with two attached hydrogens (primary N) is 1. The Hall–Kier alpha value is -1.55. The minimum atomic E-state index is 0.128. The highest BCUT2D eigenvalue weighted by molar-refractivity contribution is 5.79. The zero-order valence-electron chi connectivity index (χ0n) is 11.1. The number of carbonyl (C=O) groups excluding carboxylic acids is 1. The van der Waals surface area contributed by atoms with Gasteiger partial charge < -0.3 is 16.0 Å². The molecule has 3 aliphatic heterocycles. The van der Waals surface area contributed by atoms with Gasteiger partial charge in [-0.15, -0.1) is 0 Å². The summed E-state index contributed by atoms with van der Waals surface area (Å²) in [7, 11) is 0. The third-order valence-corrected chi connectivity index (χ3v) is 4.35. The lowest BCUT2D eigenvalue weighted by Crippen LogP contribution is -2.57. The van der Waals surface area contributed by atoms with Crippen LogP contribution in [0.2, 0.25) is 0 Å². The lowest BCUT2D eigenvalue weighted by atomic mass is 9.84. The van der Waals surface area contributed by atoms with Crippen LogP contribution >= 0.6 is 0 Å². The zero-order valence-corrected chi connectivity index (χ0v) is 11.1. The van der Waals surface area contributed by atoms with E-state index in [4.69, 9.17) is 5.73 Å². The maximum absolute atomic E-state index is 12.1. The Morgan fingerprint density at radius 1 is 1.26 bits per heavy atom. The van der Waals surface area contributed by atoms with Crippen molar-refractivity contribution in [3.63, 3.8) is 0 Å². The molecule has 4 rings (SSSR count). The lowest BCUT2D eigenvalue weighted by molar-refractivity contribution is -0.122. The number of anilines is 1. The fourth-order valence-corrected chi connectivity index (χ4v) is 3.21. The number of fused-ring (bicyclic) bond motifs is 3. The summed E-state index contributed by atoms with van der Waals surface area (Å²) in [5, 5.41) is 3.20. The summed E-state index contributed by atoms with van der Waals surface area (Å²) in [5.41, 5.74) is 7.40. The van der Waals surface area contributed by atoms with E-state index in [9.17, 15) is 4.79 Å². The molecule has 0 aliphatic carbocycles. The molecular formula is C15H21N3O. The second kappa shape index (κ2) is 5.21. The van der Waals surface area contributed by atoms with Crippen molar-refractivity contribution in [2.45, 2.75) is 25.3 Å². The maximum Gasteiger partial charge on any atom is 0.224 e. The average Bonchev–Trinajstić information content (AvgIpc) is 2.43. The fraction of sp³-hybridized carbons (Fsp3) is 0.533. The van der Waals surface area contributed by atoms with E-state index >= 15 is 0 Å². The van der Waals surface area contributed by atoms with E-state index in [1.54, 1.807) is 0 Å². The van der Waals surface area contributed by atoms with Crippen molar-refractivity contribution in [1.82, 2.24) is 10.2 Å². The van der Waals surface area contributed by atoms with E-state index in [0.29, 0.717) is 18.4 Å². The van der Waals surface area contributed by atoms with Gasteiger partial charge >= 0.3 is 0 Å². The predicted octanol–water partition coefficient (Wildman–Crippen LogP) is 1.02. The first-order valence-corrected chi connectivity index (χ1v) is 7.07. The number of nitrogens with zero attached hydrogens (tertiary/aromatic N) is 1. The number of hydrogen-bond acceptors (Lipinski definition) is 3. The standard InChI is InChI=1S/C15H21N3O/c16-13-3-1-11(2-4-13)9-15(19)17-14-10-18-7-5-12(14)6-8-18/h1-4,12,14H,5-10,16H2,(H,17,19). The second-order valence-corrected chi connectivity index (χ2v) is 5.73. The number of nitrogen functional groups attached to an aromatic ring is 1. The van der Waals surface area contributed by atoms with Gasteiger partial charge in [-0.2, -0.15) is 0 Å². The lowest BCUT2D eigenvalue weighted by Gasteiger charge is -2.44. The van der Waals surface area contributed by atoms with Crippen LogP contribution in [0.1, 0.15) is 18.4 Å². The third-order valence-electron chi connectivity index (χ3n) is 4.35. The zero-order chi connectivity index (χ0) is 13.2. The van der Waals surface area contributed by atoms with Crippen LogP contribution in [-0.4, -0.2) is 36.5 Å². The molecule has 102 valence electrons. The van der Waals surface area contributed by atoms with Crippen molar-refractivity contribution in [3.05, 3.63) is 29.8 Å². The molecule has 2 bridgehead atoms. The highest BCUT2D eigenvalue weighted by Gasteiger charge is 2.34. The van der Waals surface area contributed by atoms with Gasteiger partial charge in [0.05, 0.1) is 6.42 Å².